The number of aromatic amines is 1. The molecule has 0 saturated heterocycles. The molecule has 0 radical (unpaired) electrons. The van der Waals surface area contributed by atoms with Gasteiger partial charge in [0.15, 0.2) is 0 Å². The Morgan fingerprint density at radius 2 is 1.92 bits per heavy atom. The van der Waals surface area contributed by atoms with E-state index in [1.807, 2.05) is 31.2 Å². The van der Waals surface area contributed by atoms with Gasteiger partial charge in [0.1, 0.15) is 5.82 Å². The summed E-state index contributed by atoms with van der Waals surface area (Å²) >= 11 is 0. The number of aryl methyl sites for hydroxylation is 1. The zero-order valence-electron chi connectivity index (χ0n) is 13.9. The Hall–Kier alpha value is -3.55. The van der Waals surface area contributed by atoms with Gasteiger partial charge in [0, 0.05) is 6.54 Å². The number of hydrogen-bond donors (Lipinski definition) is 2. The minimum atomic E-state index is -0.662. The summed E-state index contributed by atoms with van der Waals surface area (Å²) in [6, 6.07) is 13.2. The van der Waals surface area contributed by atoms with Crippen molar-refractivity contribution in [3.63, 3.8) is 0 Å². The number of rotatable bonds is 5. The summed E-state index contributed by atoms with van der Waals surface area (Å²) in [5, 5.41) is 12.6. The van der Waals surface area contributed by atoms with E-state index >= 15 is 0 Å². The van der Waals surface area contributed by atoms with E-state index in [1.165, 1.54) is 18.3 Å². The van der Waals surface area contributed by atoms with Gasteiger partial charge in [-0.3, -0.25) is 9.59 Å². The molecule has 8 heteroatoms. The Morgan fingerprint density at radius 3 is 2.62 bits per heavy atom. The molecule has 7 nitrogen and oxygen atoms in total. The Balaban J connectivity index is 1.67. The van der Waals surface area contributed by atoms with Crippen molar-refractivity contribution in [3.05, 3.63) is 87.1 Å². The normalized spacial score (nSPS) is 11.0. The summed E-state index contributed by atoms with van der Waals surface area (Å²) in [5.41, 5.74) is 1.66. The highest BCUT2D eigenvalue weighted by Crippen LogP contribution is 2.02. The van der Waals surface area contributed by atoms with E-state index in [1.54, 1.807) is 12.1 Å². The van der Waals surface area contributed by atoms with Gasteiger partial charge in [-0.1, -0.05) is 42.0 Å². The van der Waals surface area contributed by atoms with E-state index in [9.17, 15) is 14.0 Å². The lowest BCUT2D eigenvalue weighted by molar-refractivity contribution is 0.0944. The SMILES string of the molecule is Cc1ccc(C=Nn2[nH]nc(C(=O)NCc3ccc(F)cc3)c2=O)cc1. The number of amides is 1. The highest BCUT2D eigenvalue weighted by Gasteiger charge is 2.16. The van der Waals surface area contributed by atoms with Crippen LogP contribution in [0.4, 0.5) is 4.39 Å². The van der Waals surface area contributed by atoms with Crippen LogP contribution in [-0.2, 0) is 6.54 Å². The van der Waals surface area contributed by atoms with E-state index in [-0.39, 0.29) is 18.1 Å². The minimum Gasteiger partial charge on any atom is -0.346 e. The zero-order chi connectivity index (χ0) is 18.5. The van der Waals surface area contributed by atoms with Gasteiger partial charge in [-0.2, -0.15) is 10.3 Å². The molecular formula is C18H16FN5O2. The fourth-order valence-corrected chi connectivity index (χ4v) is 2.16. The summed E-state index contributed by atoms with van der Waals surface area (Å²) in [4.78, 5) is 25.2. The Morgan fingerprint density at radius 1 is 1.23 bits per heavy atom. The highest BCUT2D eigenvalue weighted by atomic mass is 19.1. The van der Waals surface area contributed by atoms with Crippen LogP contribution in [-0.4, -0.2) is 27.2 Å². The summed E-state index contributed by atoms with van der Waals surface area (Å²) in [6.45, 7) is 2.12. The smallest absolute Gasteiger partial charge is 0.320 e. The number of benzene rings is 2. The van der Waals surface area contributed by atoms with Gasteiger partial charge in [-0.15, -0.1) is 9.89 Å². The van der Waals surface area contributed by atoms with Gasteiger partial charge in [-0.05, 0) is 30.2 Å². The lowest BCUT2D eigenvalue weighted by Crippen LogP contribution is -2.29. The van der Waals surface area contributed by atoms with Gasteiger partial charge in [0.25, 0.3) is 5.91 Å². The van der Waals surface area contributed by atoms with Gasteiger partial charge in [-0.25, -0.2) is 4.39 Å². The Kier molecular flexibility index (Phi) is 5.02. The molecule has 1 heterocycles. The number of carbonyl (C=O) groups is 1. The molecule has 0 fully saturated rings. The van der Waals surface area contributed by atoms with Crippen molar-refractivity contribution in [1.82, 2.24) is 20.4 Å². The largest absolute Gasteiger partial charge is 0.346 e. The molecule has 0 saturated carbocycles. The summed E-state index contributed by atoms with van der Waals surface area (Å²) in [6.07, 6.45) is 1.49. The molecule has 2 aromatic carbocycles. The molecule has 26 heavy (non-hydrogen) atoms. The van der Waals surface area contributed by atoms with E-state index in [2.05, 4.69) is 20.7 Å². The van der Waals surface area contributed by atoms with Crippen molar-refractivity contribution in [2.75, 3.05) is 0 Å². The van der Waals surface area contributed by atoms with Gasteiger partial charge < -0.3 is 5.32 Å². The lowest BCUT2D eigenvalue weighted by atomic mass is 10.2. The molecule has 0 spiro atoms. The first-order chi connectivity index (χ1) is 12.5. The number of halogens is 1. The number of aromatic nitrogens is 3. The average Bonchev–Trinajstić information content (AvgIpc) is 3.01. The van der Waals surface area contributed by atoms with Gasteiger partial charge in [0.05, 0.1) is 6.21 Å². The maximum atomic E-state index is 12.9. The van der Waals surface area contributed by atoms with E-state index in [0.29, 0.717) is 5.56 Å². The van der Waals surface area contributed by atoms with Crippen LogP contribution in [0.1, 0.15) is 27.2 Å². The predicted octanol–water partition coefficient (Wildman–Crippen LogP) is 1.83. The summed E-state index contributed by atoms with van der Waals surface area (Å²) < 4.78 is 12.9. The molecule has 0 unspecified atom stereocenters. The van der Waals surface area contributed by atoms with Gasteiger partial charge in [0.2, 0.25) is 5.69 Å². The molecule has 0 aliphatic rings. The average molecular weight is 353 g/mol. The second kappa shape index (κ2) is 7.56. The van der Waals surface area contributed by atoms with Crippen LogP contribution in [0.5, 0.6) is 0 Å². The van der Waals surface area contributed by atoms with Crippen molar-refractivity contribution < 1.29 is 9.18 Å². The molecule has 132 valence electrons. The minimum absolute atomic E-state index is 0.151. The standard InChI is InChI=1S/C18H16FN5O2/c1-12-2-4-14(5-3-12)11-21-24-18(26)16(22-23-24)17(25)20-10-13-6-8-15(19)9-7-13/h2-9,11,23H,10H2,1H3,(H,20,25). The fourth-order valence-electron chi connectivity index (χ4n) is 2.16. The molecule has 0 bridgehead atoms. The fraction of sp³-hybridized carbons (Fsp3) is 0.111. The Bertz CT molecular complexity index is 988. The molecule has 3 aromatic rings. The summed E-state index contributed by atoms with van der Waals surface area (Å²) in [7, 11) is 0. The predicted molar refractivity (Wildman–Crippen MR) is 94.6 cm³/mol. The zero-order valence-corrected chi connectivity index (χ0v) is 13.9. The number of carbonyl (C=O) groups excluding carboxylic acids is 1. The van der Waals surface area contributed by atoms with Crippen molar-refractivity contribution in [2.24, 2.45) is 5.10 Å². The van der Waals surface area contributed by atoms with Crippen LogP contribution >= 0.6 is 0 Å². The van der Waals surface area contributed by atoms with Crippen molar-refractivity contribution in [3.8, 4) is 0 Å². The van der Waals surface area contributed by atoms with Crippen molar-refractivity contribution in [1.29, 1.82) is 0 Å². The molecule has 0 atom stereocenters. The number of hydrogen-bond acceptors (Lipinski definition) is 4. The number of H-pyrrole nitrogens is 1. The maximum absolute atomic E-state index is 12.9. The highest BCUT2D eigenvalue weighted by molar-refractivity contribution is 5.91. The van der Waals surface area contributed by atoms with Crippen LogP contribution < -0.4 is 10.9 Å². The molecular weight excluding hydrogens is 337 g/mol. The lowest BCUT2D eigenvalue weighted by Gasteiger charge is -2.02. The number of nitrogens with one attached hydrogen (secondary N) is 2. The van der Waals surface area contributed by atoms with Crippen LogP contribution in [0.3, 0.4) is 0 Å². The first-order valence-electron chi connectivity index (χ1n) is 7.84. The first kappa shape index (κ1) is 17.3. The van der Waals surface area contributed by atoms with E-state index in [4.69, 9.17) is 0 Å². The monoisotopic (exact) mass is 353 g/mol. The Labute approximate surface area is 148 Å². The molecule has 2 N–H and O–H groups in total. The maximum Gasteiger partial charge on any atom is 0.320 e. The second-order valence-corrected chi connectivity index (χ2v) is 5.64. The number of nitrogens with zero attached hydrogens (tertiary/aromatic N) is 3. The van der Waals surface area contributed by atoms with Crippen LogP contribution in [0.25, 0.3) is 0 Å². The first-order valence-corrected chi connectivity index (χ1v) is 7.84. The van der Waals surface area contributed by atoms with Crippen LogP contribution in [0, 0.1) is 12.7 Å². The second-order valence-electron chi connectivity index (χ2n) is 5.64. The third-order valence-electron chi connectivity index (χ3n) is 3.63. The third-order valence-corrected chi connectivity index (χ3v) is 3.63. The van der Waals surface area contributed by atoms with Crippen LogP contribution in [0.2, 0.25) is 0 Å². The molecule has 0 aliphatic heterocycles. The van der Waals surface area contributed by atoms with E-state index < -0.39 is 11.5 Å². The van der Waals surface area contributed by atoms with E-state index in [0.717, 1.165) is 15.9 Å². The topological polar surface area (TPSA) is 92.1 Å². The summed E-state index contributed by atoms with van der Waals surface area (Å²) in [5.74, 6) is -0.999. The van der Waals surface area contributed by atoms with Crippen molar-refractivity contribution in [2.45, 2.75) is 13.5 Å². The molecule has 1 amide bonds. The molecule has 3 rings (SSSR count). The van der Waals surface area contributed by atoms with Crippen molar-refractivity contribution >= 4 is 12.1 Å². The van der Waals surface area contributed by atoms with Crippen LogP contribution in [0.15, 0.2) is 58.4 Å². The van der Waals surface area contributed by atoms with Gasteiger partial charge >= 0.3 is 5.56 Å². The molecule has 1 aromatic heterocycles. The quantitative estimate of drug-likeness (QED) is 0.686. The third kappa shape index (κ3) is 4.10. The molecule has 0 aliphatic carbocycles.